The second kappa shape index (κ2) is 7.01. The fraction of sp³-hybridized carbons (Fsp3) is 0.625. The lowest BCUT2D eigenvalue weighted by molar-refractivity contribution is 0.133. The number of hydrogen-bond donors (Lipinski definition) is 2. The Kier molecular flexibility index (Phi) is 5.34. The van der Waals surface area contributed by atoms with Crippen molar-refractivity contribution in [2.75, 3.05) is 13.2 Å². The number of halogens is 1. The van der Waals surface area contributed by atoms with Gasteiger partial charge in [-0.25, -0.2) is 4.39 Å². The monoisotopic (exact) mass is 265 g/mol. The van der Waals surface area contributed by atoms with E-state index in [1.165, 1.54) is 19.3 Å². The van der Waals surface area contributed by atoms with Crippen LogP contribution in [0.5, 0.6) is 0 Å². The topological polar surface area (TPSA) is 32.3 Å². The third-order valence-electron chi connectivity index (χ3n) is 4.27. The van der Waals surface area contributed by atoms with Gasteiger partial charge in [0.25, 0.3) is 0 Å². The number of benzene rings is 1. The number of aliphatic hydroxyl groups excluding tert-OH is 1. The Labute approximate surface area is 115 Å². The van der Waals surface area contributed by atoms with Gasteiger partial charge in [0.2, 0.25) is 0 Å². The van der Waals surface area contributed by atoms with E-state index >= 15 is 0 Å². The molecule has 0 aliphatic heterocycles. The molecule has 2 atom stereocenters. The van der Waals surface area contributed by atoms with Crippen LogP contribution < -0.4 is 5.32 Å². The summed E-state index contributed by atoms with van der Waals surface area (Å²) in [7, 11) is 0. The normalized spacial score (nSPS) is 23.5. The van der Waals surface area contributed by atoms with E-state index in [-0.39, 0.29) is 5.82 Å². The van der Waals surface area contributed by atoms with Crippen molar-refractivity contribution in [2.24, 2.45) is 11.8 Å². The highest BCUT2D eigenvalue weighted by molar-refractivity contribution is 5.23. The highest BCUT2D eigenvalue weighted by atomic mass is 19.1. The van der Waals surface area contributed by atoms with Gasteiger partial charge in [-0.1, -0.05) is 25.0 Å². The highest BCUT2D eigenvalue weighted by Crippen LogP contribution is 2.29. The molecule has 2 N–H and O–H groups in total. The smallest absolute Gasteiger partial charge is 0.126 e. The second-order valence-corrected chi connectivity index (χ2v) is 5.70. The first-order valence-electron chi connectivity index (χ1n) is 7.27. The van der Waals surface area contributed by atoms with Crippen molar-refractivity contribution in [1.82, 2.24) is 5.32 Å². The summed E-state index contributed by atoms with van der Waals surface area (Å²) in [4.78, 5) is 0. The van der Waals surface area contributed by atoms with Gasteiger partial charge in [0.1, 0.15) is 5.82 Å². The maximum Gasteiger partial charge on any atom is 0.126 e. The molecule has 0 saturated heterocycles. The van der Waals surface area contributed by atoms with E-state index in [1.54, 1.807) is 13.0 Å². The summed E-state index contributed by atoms with van der Waals surface area (Å²) < 4.78 is 13.4. The van der Waals surface area contributed by atoms with Crippen molar-refractivity contribution in [3.05, 3.63) is 35.1 Å². The molecule has 0 heterocycles. The molecule has 2 nitrogen and oxygen atoms in total. The van der Waals surface area contributed by atoms with Crippen LogP contribution in [0.2, 0.25) is 0 Å². The quantitative estimate of drug-likeness (QED) is 0.857. The molecule has 106 valence electrons. The predicted molar refractivity (Wildman–Crippen MR) is 75.4 cm³/mol. The van der Waals surface area contributed by atoms with E-state index < -0.39 is 0 Å². The number of rotatable bonds is 5. The van der Waals surface area contributed by atoms with Crippen LogP contribution in [0.4, 0.5) is 4.39 Å². The molecule has 1 aromatic rings. The van der Waals surface area contributed by atoms with Gasteiger partial charge in [-0.3, -0.25) is 0 Å². The lowest BCUT2D eigenvalue weighted by Crippen LogP contribution is -2.32. The van der Waals surface area contributed by atoms with Crippen molar-refractivity contribution in [3.8, 4) is 0 Å². The number of aliphatic hydroxyl groups is 1. The van der Waals surface area contributed by atoms with Crippen LogP contribution in [0.3, 0.4) is 0 Å². The summed E-state index contributed by atoms with van der Waals surface area (Å²) in [6.07, 6.45) is 4.84. The fourth-order valence-electron chi connectivity index (χ4n) is 2.94. The zero-order valence-corrected chi connectivity index (χ0v) is 11.7. The molecule has 0 aromatic heterocycles. The number of hydrogen-bond acceptors (Lipinski definition) is 2. The third-order valence-corrected chi connectivity index (χ3v) is 4.27. The van der Waals surface area contributed by atoms with E-state index in [4.69, 9.17) is 0 Å². The number of nitrogens with one attached hydrogen (secondary N) is 1. The molecule has 2 unspecified atom stereocenters. The minimum absolute atomic E-state index is 0.134. The fourth-order valence-corrected chi connectivity index (χ4v) is 2.94. The molecule has 1 aliphatic rings. The van der Waals surface area contributed by atoms with Gasteiger partial charge in [0, 0.05) is 13.2 Å². The predicted octanol–water partition coefficient (Wildman–Crippen LogP) is 3.02. The van der Waals surface area contributed by atoms with Gasteiger partial charge in [-0.05, 0) is 55.3 Å². The van der Waals surface area contributed by atoms with Gasteiger partial charge >= 0.3 is 0 Å². The van der Waals surface area contributed by atoms with Crippen molar-refractivity contribution in [2.45, 2.75) is 39.2 Å². The van der Waals surface area contributed by atoms with Gasteiger partial charge in [0.15, 0.2) is 0 Å². The summed E-state index contributed by atoms with van der Waals surface area (Å²) in [5.41, 5.74) is 1.68. The Balaban J connectivity index is 1.80. The Morgan fingerprint density at radius 1 is 1.26 bits per heavy atom. The molecule has 3 heteroatoms. The summed E-state index contributed by atoms with van der Waals surface area (Å²) in [5, 5.41) is 12.8. The third kappa shape index (κ3) is 4.02. The minimum atomic E-state index is -0.134. The average molecular weight is 265 g/mol. The largest absolute Gasteiger partial charge is 0.396 e. The minimum Gasteiger partial charge on any atom is -0.396 e. The first-order valence-corrected chi connectivity index (χ1v) is 7.27. The van der Waals surface area contributed by atoms with Crippen molar-refractivity contribution >= 4 is 0 Å². The summed E-state index contributed by atoms with van der Waals surface area (Å²) in [6, 6.07) is 5.39. The molecule has 2 rings (SSSR count). The molecule has 1 saturated carbocycles. The Morgan fingerprint density at radius 2 is 2.00 bits per heavy atom. The van der Waals surface area contributed by atoms with Crippen LogP contribution in [0, 0.1) is 24.6 Å². The molecule has 1 aromatic carbocycles. The van der Waals surface area contributed by atoms with Gasteiger partial charge in [0.05, 0.1) is 0 Å². The van der Waals surface area contributed by atoms with Crippen LogP contribution >= 0.6 is 0 Å². The van der Waals surface area contributed by atoms with E-state index in [0.717, 1.165) is 18.5 Å². The van der Waals surface area contributed by atoms with Crippen LogP contribution in [0.1, 0.15) is 36.8 Å². The zero-order chi connectivity index (χ0) is 13.7. The van der Waals surface area contributed by atoms with Crippen LogP contribution in [-0.2, 0) is 6.54 Å². The lowest BCUT2D eigenvalue weighted by atomic mass is 9.79. The van der Waals surface area contributed by atoms with E-state index in [2.05, 4.69) is 5.32 Å². The zero-order valence-electron chi connectivity index (χ0n) is 11.7. The molecule has 1 fully saturated rings. The molecular formula is C16H24FNO. The maximum atomic E-state index is 13.4. The highest BCUT2D eigenvalue weighted by Gasteiger charge is 2.23. The standard InChI is InChI=1S/C16H24FNO/c1-12-6-7-13(8-16(12)17)9-18-10-14-4-2-3-5-15(14)11-19/h6-8,14-15,18-19H,2-5,9-11H2,1H3. The molecule has 0 amide bonds. The van der Waals surface area contributed by atoms with Crippen molar-refractivity contribution in [1.29, 1.82) is 0 Å². The average Bonchev–Trinajstić information content (AvgIpc) is 2.43. The molecule has 19 heavy (non-hydrogen) atoms. The van der Waals surface area contributed by atoms with Gasteiger partial charge < -0.3 is 10.4 Å². The summed E-state index contributed by atoms with van der Waals surface area (Å²) >= 11 is 0. The van der Waals surface area contributed by atoms with Crippen molar-refractivity contribution < 1.29 is 9.50 Å². The van der Waals surface area contributed by atoms with Gasteiger partial charge in [-0.15, -0.1) is 0 Å². The molecule has 1 aliphatic carbocycles. The first-order chi connectivity index (χ1) is 9.20. The van der Waals surface area contributed by atoms with E-state index in [9.17, 15) is 9.50 Å². The second-order valence-electron chi connectivity index (χ2n) is 5.70. The first kappa shape index (κ1) is 14.5. The molecule has 0 radical (unpaired) electrons. The van der Waals surface area contributed by atoms with E-state index in [1.807, 2.05) is 12.1 Å². The van der Waals surface area contributed by atoms with Crippen LogP contribution in [-0.4, -0.2) is 18.3 Å². The molecular weight excluding hydrogens is 241 g/mol. The Bertz CT molecular complexity index is 408. The van der Waals surface area contributed by atoms with Crippen LogP contribution in [0.25, 0.3) is 0 Å². The van der Waals surface area contributed by atoms with Crippen molar-refractivity contribution in [3.63, 3.8) is 0 Å². The molecule has 0 spiro atoms. The Hall–Kier alpha value is -0.930. The summed E-state index contributed by atoms with van der Waals surface area (Å²) in [6.45, 7) is 3.69. The number of aryl methyl sites for hydroxylation is 1. The summed E-state index contributed by atoms with van der Waals surface area (Å²) in [5.74, 6) is 0.871. The SMILES string of the molecule is Cc1ccc(CNCC2CCCCC2CO)cc1F. The maximum absolute atomic E-state index is 13.4. The van der Waals surface area contributed by atoms with Gasteiger partial charge in [-0.2, -0.15) is 0 Å². The molecule has 0 bridgehead atoms. The van der Waals surface area contributed by atoms with E-state index in [0.29, 0.717) is 30.6 Å². The lowest BCUT2D eigenvalue weighted by Gasteiger charge is -2.30. The Morgan fingerprint density at radius 3 is 2.68 bits per heavy atom. The van der Waals surface area contributed by atoms with Crippen LogP contribution in [0.15, 0.2) is 18.2 Å².